The van der Waals surface area contributed by atoms with Gasteiger partial charge in [0.1, 0.15) is 0 Å². The van der Waals surface area contributed by atoms with Gasteiger partial charge in [-0.15, -0.1) is 0 Å². The van der Waals surface area contributed by atoms with Crippen molar-refractivity contribution in [2.75, 3.05) is 20.1 Å². The van der Waals surface area contributed by atoms with E-state index < -0.39 is 0 Å². The molecule has 0 aliphatic carbocycles. The van der Waals surface area contributed by atoms with Crippen molar-refractivity contribution in [1.82, 2.24) is 20.0 Å². The lowest BCUT2D eigenvalue weighted by Crippen LogP contribution is -2.46. The highest BCUT2D eigenvalue weighted by atomic mass is 15.3. The summed E-state index contributed by atoms with van der Waals surface area (Å²) in [6.45, 7) is 9.50. The molecule has 0 aromatic carbocycles. The minimum absolute atomic E-state index is 0.754. The molecule has 2 rings (SSSR count). The zero-order valence-corrected chi connectivity index (χ0v) is 13.4. The molecule has 1 aromatic heterocycles. The Morgan fingerprint density at radius 1 is 1.45 bits per heavy atom. The third-order valence-electron chi connectivity index (χ3n) is 4.25. The Kier molecular flexibility index (Phi) is 4.68. The molecule has 1 saturated heterocycles. The van der Waals surface area contributed by atoms with E-state index in [0.717, 1.165) is 37.2 Å². The molecule has 1 fully saturated rings. The van der Waals surface area contributed by atoms with Gasteiger partial charge in [-0.25, -0.2) is 0 Å². The lowest BCUT2D eigenvalue weighted by molar-refractivity contribution is 0.266. The SMILES string of the molecule is CN=C(NCc1c(C)nn(C)c1C)N1CCCC(C)C1. The maximum absolute atomic E-state index is 4.46. The summed E-state index contributed by atoms with van der Waals surface area (Å²) in [7, 11) is 3.86. The fraction of sp³-hybridized carbons (Fsp3) is 0.733. The Morgan fingerprint density at radius 2 is 2.20 bits per heavy atom. The molecule has 1 aliphatic heterocycles. The van der Waals surface area contributed by atoms with Crippen LogP contribution in [0, 0.1) is 19.8 Å². The van der Waals surface area contributed by atoms with Crippen LogP contribution in [-0.4, -0.2) is 40.8 Å². The number of aryl methyl sites for hydroxylation is 2. The van der Waals surface area contributed by atoms with Crippen LogP contribution in [0.25, 0.3) is 0 Å². The van der Waals surface area contributed by atoms with E-state index in [1.54, 1.807) is 0 Å². The molecular weight excluding hydrogens is 250 g/mol. The number of guanidine groups is 1. The highest BCUT2D eigenvalue weighted by Gasteiger charge is 2.19. The molecule has 0 saturated carbocycles. The molecule has 1 atom stereocenters. The van der Waals surface area contributed by atoms with Gasteiger partial charge in [0, 0.05) is 45.0 Å². The van der Waals surface area contributed by atoms with Crippen LogP contribution in [0.2, 0.25) is 0 Å². The van der Waals surface area contributed by atoms with Gasteiger partial charge in [-0.3, -0.25) is 9.67 Å². The number of likely N-dealkylation sites (tertiary alicyclic amines) is 1. The zero-order chi connectivity index (χ0) is 14.7. The summed E-state index contributed by atoms with van der Waals surface area (Å²) in [4.78, 5) is 6.80. The fourth-order valence-corrected chi connectivity index (χ4v) is 2.95. The number of piperidine rings is 1. The Bertz CT molecular complexity index is 489. The van der Waals surface area contributed by atoms with Crippen LogP contribution in [0.5, 0.6) is 0 Å². The van der Waals surface area contributed by atoms with E-state index in [-0.39, 0.29) is 0 Å². The van der Waals surface area contributed by atoms with Crippen molar-refractivity contribution in [1.29, 1.82) is 0 Å². The summed E-state index contributed by atoms with van der Waals surface area (Å²) in [6, 6.07) is 0. The van der Waals surface area contributed by atoms with E-state index in [1.807, 2.05) is 18.8 Å². The first-order valence-electron chi connectivity index (χ1n) is 7.47. The molecule has 2 heterocycles. The van der Waals surface area contributed by atoms with Gasteiger partial charge in [-0.1, -0.05) is 6.92 Å². The highest BCUT2D eigenvalue weighted by molar-refractivity contribution is 5.80. The molecular formula is C15H27N5. The zero-order valence-electron chi connectivity index (χ0n) is 13.4. The summed E-state index contributed by atoms with van der Waals surface area (Å²) in [6.07, 6.45) is 2.58. The Labute approximate surface area is 122 Å². The van der Waals surface area contributed by atoms with Crippen LogP contribution in [0.4, 0.5) is 0 Å². The predicted octanol–water partition coefficient (Wildman–Crippen LogP) is 1.84. The van der Waals surface area contributed by atoms with Crippen molar-refractivity contribution in [2.45, 2.75) is 40.2 Å². The second-order valence-corrected chi connectivity index (χ2v) is 5.87. The third kappa shape index (κ3) is 3.14. The summed E-state index contributed by atoms with van der Waals surface area (Å²) >= 11 is 0. The largest absolute Gasteiger partial charge is 0.352 e. The standard InChI is InChI=1S/C15H27N5/c1-11-7-6-8-20(10-11)15(16-4)17-9-14-12(2)18-19(5)13(14)3/h11H,6-10H2,1-5H3,(H,16,17). The van der Waals surface area contributed by atoms with Crippen LogP contribution in [0.15, 0.2) is 4.99 Å². The van der Waals surface area contributed by atoms with Crippen molar-refractivity contribution in [3.05, 3.63) is 17.0 Å². The lowest BCUT2D eigenvalue weighted by atomic mass is 10.0. The average Bonchev–Trinajstić information content (AvgIpc) is 2.65. The number of rotatable bonds is 2. The first-order valence-corrected chi connectivity index (χ1v) is 7.47. The quantitative estimate of drug-likeness (QED) is 0.663. The molecule has 112 valence electrons. The monoisotopic (exact) mass is 277 g/mol. The number of hydrogen-bond acceptors (Lipinski definition) is 2. The Hall–Kier alpha value is -1.52. The maximum atomic E-state index is 4.46. The van der Waals surface area contributed by atoms with Crippen molar-refractivity contribution >= 4 is 5.96 Å². The van der Waals surface area contributed by atoms with E-state index in [0.29, 0.717) is 0 Å². The normalized spacial score (nSPS) is 20.4. The van der Waals surface area contributed by atoms with Crippen molar-refractivity contribution in [2.24, 2.45) is 18.0 Å². The van der Waals surface area contributed by atoms with Crippen LogP contribution in [0.3, 0.4) is 0 Å². The van der Waals surface area contributed by atoms with Gasteiger partial charge < -0.3 is 10.2 Å². The smallest absolute Gasteiger partial charge is 0.193 e. The topological polar surface area (TPSA) is 45.5 Å². The highest BCUT2D eigenvalue weighted by Crippen LogP contribution is 2.16. The van der Waals surface area contributed by atoms with Gasteiger partial charge in [0.15, 0.2) is 5.96 Å². The molecule has 5 nitrogen and oxygen atoms in total. The average molecular weight is 277 g/mol. The first kappa shape index (κ1) is 14.9. The molecule has 0 spiro atoms. The third-order valence-corrected chi connectivity index (χ3v) is 4.25. The molecule has 1 aromatic rings. The molecule has 1 unspecified atom stereocenters. The van der Waals surface area contributed by atoms with E-state index >= 15 is 0 Å². The summed E-state index contributed by atoms with van der Waals surface area (Å²) in [5.41, 5.74) is 3.59. The minimum Gasteiger partial charge on any atom is -0.352 e. The minimum atomic E-state index is 0.754. The van der Waals surface area contributed by atoms with Gasteiger partial charge in [0.25, 0.3) is 0 Å². The second kappa shape index (κ2) is 6.29. The molecule has 1 N–H and O–H groups in total. The fourth-order valence-electron chi connectivity index (χ4n) is 2.95. The van der Waals surface area contributed by atoms with Gasteiger partial charge in [0.05, 0.1) is 5.69 Å². The van der Waals surface area contributed by atoms with E-state index in [4.69, 9.17) is 0 Å². The van der Waals surface area contributed by atoms with Crippen LogP contribution in [-0.2, 0) is 13.6 Å². The molecule has 1 aliphatic rings. The first-order chi connectivity index (χ1) is 9.52. The maximum Gasteiger partial charge on any atom is 0.193 e. The number of hydrogen-bond donors (Lipinski definition) is 1. The van der Waals surface area contributed by atoms with Gasteiger partial charge in [-0.2, -0.15) is 5.10 Å². The Morgan fingerprint density at radius 3 is 2.75 bits per heavy atom. The summed E-state index contributed by atoms with van der Waals surface area (Å²) < 4.78 is 1.94. The van der Waals surface area contributed by atoms with Crippen LogP contribution < -0.4 is 5.32 Å². The van der Waals surface area contributed by atoms with Crippen molar-refractivity contribution in [3.63, 3.8) is 0 Å². The van der Waals surface area contributed by atoms with Gasteiger partial charge in [0.2, 0.25) is 0 Å². The van der Waals surface area contributed by atoms with Crippen LogP contribution in [0.1, 0.15) is 36.7 Å². The van der Waals surface area contributed by atoms with Gasteiger partial charge in [-0.05, 0) is 32.6 Å². The van der Waals surface area contributed by atoms with E-state index in [9.17, 15) is 0 Å². The van der Waals surface area contributed by atoms with Crippen LogP contribution >= 0.6 is 0 Å². The predicted molar refractivity (Wildman–Crippen MR) is 82.9 cm³/mol. The second-order valence-electron chi connectivity index (χ2n) is 5.87. The molecule has 20 heavy (non-hydrogen) atoms. The van der Waals surface area contributed by atoms with Crippen molar-refractivity contribution in [3.8, 4) is 0 Å². The number of nitrogens with one attached hydrogen (secondary N) is 1. The molecule has 0 bridgehead atoms. The molecule has 0 radical (unpaired) electrons. The number of nitrogens with zero attached hydrogens (tertiary/aromatic N) is 4. The lowest BCUT2D eigenvalue weighted by Gasteiger charge is -2.33. The number of aliphatic imine (C=N–C) groups is 1. The summed E-state index contributed by atoms with van der Waals surface area (Å²) in [5, 5.41) is 7.96. The number of aromatic nitrogens is 2. The van der Waals surface area contributed by atoms with E-state index in [2.05, 4.69) is 41.1 Å². The Balaban J connectivity index is 2.01. The molecule has 5 heteroatoms. The summed E-state index contributed by atoms with van der Waals surface area (Å²) in [5.74, 6) is 1.77. The van der Waals surface area contributed by atoms with Crippen molar-refractivity contribution < 1.29 is 0 Å². The van der Waals surface area contributed by atoms with E-state index in [1.165, 1.54) is 24.1 Å². The van der Waals surface area contributed by atoms with Gasteiger partial charge >= 0.3 is 0 Å². The molecule has 0 amide bonds.